The number of nitrogens with zero attached hydrogens (tertiary/aromatic N) is 3. The van der Waals surface area contributed by atoms with Gasteiger partial charge in [-0.2, -0.15) is 9.61 Å². The molecule has 0 saturated carbocycles. The Bertz CT molecular complexity index is 655. The van der Waals surface area contributed by atoms with Gasteiger partial charge < -0.3 is 10.4 Å². The molecule has 0 fully saturated rings. The van der Waals surface area contributed by atoms with Crippen LogP contribution in [0.3, 0.4) is 0 Å². The lowest BCUT2D eigenvalue weighted by Crippen LogP contribution is -2.21. The molecule has 2 aromatic heterocycles. The van der Waals surface area contributed by atoms with Crippen LogP contribution in [0.4, 0.5) is 5.82 Å². The molecule has 5 heteroatoms. The largest absolute Gasteiger partial charge is 0.390 e. The molecular formula is C17H28N4O. The van der Waals surface area contributed by atoms with Crippen LogP contribution in [0.5, 0.6) is 0 Å². The summed E-state index contributed by atoms with van der Waals surface area (Å²) in [6.45, 7) is 11.9. The van der Waals surface area contributed by atoms with Gasteiger partial charge in [0.05, 0.1) is 11.3 Å². The highest BCUT2D eigenvalue weighted by Crippen LogP contribution is 2.20. The third-order valence-electron chi connectivity index (χ3n) is 4.00. The van der Waals surface area contributed by atoms with E-state index in [1.807, 2.05) is 38.3 Å². The second kappa shape index (κ2) is 6.24. The van der Waals surface area contributed by atoms with Crippen molar-refractivity contribution in [2.24, 2.45) is 0 Å². The molecule has 5 nitrogen and oxygen atoms in total. The maximum atomic E-state index is 9.79. The number of aliphatic hydroxyl groups is 1. The Morgan fingerprint density at radius 2 is 2.00 bits per heavy atom. The second-order valence-corrected chi connectivity index (χ2v) is 6.98. The molecule has 0 unspecified atom stereocenters. The van der Waals surface area contributed by atoms with E-state index in [9.17, 15) is 5.11 Å². The molecule has 0 saturated heterocycles. The fourth-order valence-corrected chi connectivity index (χ4v) is 2.62. The van der Waals surface area contributed by atoms with Gasteiger partial charge in [0.1, 0.15) is 5.82 Å². The summed E-state index contributed by atoms with van der Waals surface area (Å²) >= 11 is 0. The molecule has 22 heavy (non-hydrogen) atoms. The average Bonchev–Trinajstić information content (AvgIpc) is 2.65. The van der Waals surface area contributed by atoms with Crippen LogP contribution in [0.1, 0.15) is 57.0 Å². The molecule has 122 valence electrons. The van der Waals surface area contributed by atoms with Crippen LogP contribution in [0.2, 0.25) is 0 Å². The van der Waals surface area contributed by atoms with Crippen LogP contribution in [0.25, 0.3) is 5.65 Å². The van der Waals surface area contributed by atoms with Crippen molar-refractivity contribution < 1.29 is 5.11 Å². The van der Waals surface area contributed by atoms with Gasteiger partial charge in [-0.15, -0.1) is 0 Å². The van der Waals surface area contributed by atoms with Gasteiger partial charge >= 0.3 is 0 Å². The van der Waals surface area contributed by atoms with Crippen molar-refractivity contribution in [1.29, 1.82) is 0 Å². The van der Waals surface area contributed by atoms with Crippen LogP contribution in [-0.4, -0.2) is 31.3 Å². The molecule has 0 aromatic carbocycles. The summed E-state index contributed by atoms with van der Waals surface area (Å²) in [5.74, 6) is 0.981. The van der Waals surface area contributed by atoms with Crippen molar-refractivity contribution >= 4 is 11.5 Å². The van der Waals surface area contributed by atoms with Gasteiger partial charge in [0.2, 0.25) is 0 Å². The maximum Gasteiger partial charge on any atom is 0.160 e. The first kappa shape index (κ1) is 16.7. The van der Waals surface area contributed by atoms with Gasteiger partial charge in [-0.25, -0.2) is 4.98 Å². The zero-order chi connectivity index (χ0) is 16.5. The lowest BCUT2D eigenvalue weighted by Gasteiger charge is -2.20. The average molecular weight is 304 g/mol. The highest BCUT2D eigenvalue weighted by atomic mass is 16.3. The smallest absolute Gasteiger partial charge is 0.160 e. The zero-order valence-corrected chi connectivity index (χ0v) is 14.6. The third kappa shape index (κ3) is 3.97. The molecule has 2 rings (SSSR count). The normalized spacial score (nSPS) is 13.6. The minimum absolute atomic E-state index is 0.317. The summed E-state index contributed by atoms with van der Waals surface area (Å²) in [5, 5.41) is 17.9. The van der Waals surface area contributed by atoms with E-state index in [1.54, 1.807) is 0 Å². The number of hydrogen-bond acceptors (Lipinski definition) is 4. The Morgan fingerprint density at radius 1 is 1.32 bits per heavy atom. The van der Waals surface area contributed by atoms with Crippen LogP contribution < -0.4 is 5.32 Å². The van der Waals surface area contributed by atoms with Crippen molar-refractivity contribution in [2.45, 2.75) is 72.4 Å². The van der Waals surface area contributed by atoms with Crippen LogP contribution >= 0.6 is 0 Å². The third-order valence-corrected chi connectivity index (χ3v) is 4.00. The van der Waals surface area contributed by atoms with Gasteiger partial charge in [0, 0.05) is 23.4 Å². The Hall–Kier alpha value is -1.62. The van der Waals surface area contributed by atoms with Gasteiger partial charge in [0.15, 0.2) is 5.65 Å². The Labute approximate surface area is 132 Å². The van der Waals surface area contributed by atoms with E-state index >= 15 is 0 Å². The number of aromatic nitrogens is 3. The Kier molecular flexibility index (Phi) is 4.75. The number of nitrogens with one attached hydrogen (secondary N) is 1. The highest BCUT2D eigenvalue weighted by Gasteiger charge is 2.15. The minimum Gasteiger partial charge on any atom is -0.390 e. The van der Waals surface area contributed by atoms with E-state index < -0.39 is 5.60 Å². The van der Waals surface area contributed by atoms with E-state index in [0.29, 0.717) is 6.04 Å². The predicted molar refractivity (Wildman–Crippen MR) is 90.4 cm³/mol. The number of hydrogen-bond donors (Lipinski definition) is 2. The van der Waals surface area contributed by atoms with Gasteiger partial charge in [-0.1, -0.05) is 0 Å². The lowest BCUT2D eigenvalue weighted by atomic mass is 10.00. The van der Waals surface area contributed by atoms with Crippen molar-refractivity contribution in [3.05, 3.63) is 23.0 Å². The van der Waals surface area contributed by atoms with E-state index in [2.05, 4.69) is 29.2 Å². The molecule has 0 aliphatic heterocycles. The molecule has 0 spiro atoms. The summed E-state index contributed by atoms with van der Waals surface area (Å²) in [4.78, 5) is 4.59. The second-order valence-electron chi connectivity index (χ2n) is 6.98. The van der Waals surface area contributed by atoms with E-state index in [-0.39, 0.29) is 0 Å². The van der Waals surface area contributed by atoms with Gasteiger partial charge in [0.25, 0.3) is 0 Å². The van der Waals surface area contributed by atoms with Crippen molar-refractivity contribution in [2.75, 3.05) is 5.32 Å². The lowest BCUT2D eigenvalue weighted by molar-refractivity contribution is 0.0680. The van der Waals surface area contributed by atoms with Crippen molar-refractivity contribution in [1.82, 2.24) is 14.6 Å². The standard InChI is InChI=1S/C17H28N4O/c1-11(8-7-9-17(5,6)22)18-15-10-12(2)19-16-13(3)14(4)20-21(15)16/h10-11,18,22H,7-9H2,1-6H3/t11-/m1/s1. The van der Waals surface area contributed by atoms with E-state index in [4.69, 9.17) is 0 Å². The summed E-state index contributed by atoms with van der Waals surface area (Å²) in [6, 6.07) is 2.35. The molecule has 2 aromatic rings. The maximum absolute atomic E-state index is 9.79. The minimum atomic E-state index is -0.587. The molecule has 0 aliphatic carbocycles. The molecule has 0 amide bonds. The molecule has 2 N–H and O–H groups in total. The first-order chi connectivity index (χ1) is 10.2. The predicted octanol–water partition coefficient (Wildman–Crippen LogP) is 3.40. The number of anilines is 1. The van der Waals surface area contributed by atoms with Crippen LogP contribution in [-0.2, 0) is 0 Å². The first-order valence-electron chi connectivity index (χ1n) is 8.00. The highest BCUT2D eigenvalue weighted by molar-refractivity contribution is 5.56. The summed E-state index contributed by atoms with van der Waals surface area (Å²) < 4.78 is 1.89. The number of aryl methyl sites for hydroxylation is 3. The molecule has 1 atom stereocenters. The SMILES string of the molecule is Cc1cc(N[C@H](C)CCCC(C)(C)O)n2nc(C)c(C)c2n1. The monoisotopic (exact) mass is 304 g/mol. The molecule has 0 bridgehead atoms. The van der Waals surface area contributed by atoms with Crippen molar-refractivity contribution in [3.63, 3.8) is 0 Å². The van der Waals surface area contributed by atoms with Gasteiger partial charge in [-0.3, -0.25) is 0 Å². The summed E-state index contributed by atoms with van der Waals surface area (Å²) in [7, 11) is 0. The number of fused-ring (bicyclic) bond motifs is 1. The fourth-order valence-electron chi connectivity index (χ4n) is 2.62. The Morgan fingerprint density at radius 3 is 2.64 bits per heavy atom. The zero-order valence-electron chi connectivity index (χ0n) is 14.6. The molecule has 0 radical (unpaired) electrons. The molecule has 2 heterocycles. The topological polar surface area (TPSA) is 62.5 Å². The van der Waals surface area contributed by atoms with Crippen molar-refractivity contribution in [3.8, 4) is 0 Å². The van der Waals surface area contributed by atoms with Gasteiger partial charge in [-0.05, 0) is 60.8 Å². The van der Waals surface area contributed by atoms with Crippen LogP contribution in [0.15, 0.2) is 6.07 Å². The van der Waals surface area contributed by atoms with E-state index in [1.165, 1.54) is 0 Å². The van der Waals surface area contributed by atoms with E-state index in [0.717, 1.165) is 47.7 Å². The summed E-state index contributed by atoms with van der Waals surface area (Å²) in [6.07, 6.45) is 2.80. The first-order valence-corrected chi connectivity index (χ1v) is 8.00. The molecular weight excluding hydrogens is 276 g/mol. The molecule has 0 aliphatic rings. The van der Waals surface area contributed by atoms with Crippen LogP contribution in [0, 0.1) is 20.8 Å². The summed E-state index contributed by atoms with van der Waals surface area (Å²) in [5.41, 5.74) is 3.46. The number of rotatable bonds is 6. The quantitative estimate of drug-likeness (QED) is 0.858. The fraction of sp³-hybridized carbons (Fsp3) is 0.647. The Balaban J connectivity index is 2.12.